The molecule has 0 bridgehead atoms. The predicted molar refractivity (Wildman–Crippen MR) is 87.1 cm³/mol. The number of benzene rings is 1. The minimum atomic E-state index is 0. The normalized spacial score (nSPS) is 21.8. The van der Waals surface area contributed by atoms with Crippen LogP contribution in [0.15, 0.2) is 12.1 Å². The molecule has 1 unspecified atom stereocenters. The van der Waals surface area contributed by atoms with Crippen molar-refractivity contribution in [3.05, 3.63) is 28.3 Å². The summed E-state index contributed by atoms with van der Waals surface area (Å²) >= 11 is 6.21. The summed E-state index contributed by atoms with van der Waals surface area (Å²) in [5.41, 5.74) is 1.68. The number of methoxy groups -OCH3 is 1. The fraction of sp³-hybridized carbons (Fsp3) is 0.562. The highest BCUT2D eigenvalue weighted by Gasteiger charge is 2.35. The monoisotopic (exact) mass is 329 g/mol. The van der Waals surface area contributed by atoms with E-state index in [0.717, 1.165) is 37.4 Å². The zero-order chi connectivity index (χ0) is 14.1. The van der Waals surface area contributed by atoms with Crippen LogP contribution in [0.4, 0.5) is 0 Å². The van der Waals surface area contributed by atoms with Crippen LogP contribution < -0.4 is 4.74 Å². The number of carbonyl (C=O) groups excluding carboxylic acids is 1. The topological polar surface area (TPSA) is 29.5 Å². The summed E-state index contributed by atoms with van der Waals surface area (Å²) < 4.78 is 5.37. The Bertz CT molecular complexity index is 527. The van der Waals surface area contributed by atoms with Crippen molar-refractivity contribution in [1.29, 1.82) is 0 Å². The lowest BCUT2D eigenvalue weighted by Crippen LogP contribution is -2.36. The molecular formula is C16H21Cl2NO2. The van der Waals surface area contributed by atoms with Crippen molar-refractivity contribution < 1.29 is 9.53 Å². The lowest BCUT2D eigenvalue weighted by Gasteiger charge is -2.28. The van der Waals surface area contributed by atoms with E-state index in [2.05, 4.69) is 4.90 Å². The number of Topliss-reactive ketones (excluding diaryl/α,β-unsaturated/α-hetero) is 1. The van der Waals surface area contributed by atoms with Crippen molar-refractivity contribution in [2.45, 2.75) is 25.7 Å². The Morgan fingerprint density at radius 3 is 2.67 bits per heavy atom. The lowest BCUT2D eigenvalue weighted by molar-refractivity contribution is 0.0889. The van der Waals surface area contributed by atoms with Crippen LogP contribution in [-0.2, 0) is 6.42 Å². The van der Waals surface area contributed by atoms with Gasteiger partial charge in [-0.05, 0) is 44.5 Å². The van der Waals surface area contributed by atoms with Crippen molar-refractivity contribution in [2.75, 3.05) is 26.7 Å². The van der Waals surface area contributed by atoms with Crippen molar-refractivity contribution in [1.82, 2.24) is 4.90 Å². The zero-order valence-corrected chi connectivity index (χ0v) is 13.8. The largest absolute Gasteiger partial charge is 0.496 e. The fourth-order valence-electron chi connectivity index (χ4n) is 3.40. The fourth-order valence-corrected chi connectivity index (χ4v) is 3.67. The van der Waals surface area contributed by atoms with Gasteiger partial charge in [0.05, 0.1) is 12.1 Å². The van der Waals surface area contributed by atoms with Gasteiger partial charge < -0.3 is 9.64 Å². The predicted octanol–water partition coefficient (Wildman–Crippen LogP) is 3.61. The van der Waals surface area contributed by atoms with Gasteiger partial charge in [0.25, 0.3) is 0 Å². The molecule has 1 fully saturated rings. The maximum Gasteiger partial charge on any atom is 0.169 e. The summed E-state index contributed by atoms with van der Waals surface area (Å²) in [5.74, 6) is 1.02. The molecule has 0 spiro atoms. The maximum atomic E-state index is 12.6. The number of piperidine rings is 1. The molecular weight excluding hydrogens is 309 g/mol. The molecule has 1 heterocycles. The molecule has 1 aromatic carbocycles. The van der Waals surface area contributed by atoms with E-state index in [-0.39, 0.29) is 24.1 Å². The number of ketones is 1. The van der Waals surface area contributed by atoms with Gasteiger partial charge in [-0.15, -0.1) is 12.4 Å². The Labute approximate surface area is 137 Å². The van der Waals surface area contributed by atoms with Gasteiger partial charge in [-0.3, -0.25) is 4.79 Å². The number of hydrogen-bond acceptors (Lipinski definition) is 3. The van der Waals surface area contributed by atoms with Gasteiger partial charge in [-0.25, -0.2) is 0 Å². The lowest BCUT2D eigenvalue weighted by atomic mass is 10.0. The second kappa shape index (κ2) is 6.99. The van der Waals surface area contributed by atoms with E-state index in [4.69, 9.17) is 16.3 Å². The first-order valence-corrected chi connectivity index (χ1v) is 7.70. The van der Waals surface area contributed by atoms with E-state index in [9.17, 15) is 4.79 Å². The molecule has 5 heteroatoms. The number of halogens is 2. The molecule has 0 amide bonds. The summed E-state index contributed by atoms with van der Waals surface area (Å²) in [7, 11) is 1.64. The summed E-state index contributed by atoms with van der Waals surface area (Å²) in [5, 5.41) is 0.562. The van der Waals surface area contributed by atoms with Crippen molar-refractivity contribution in [3.8, 4) is 5.75 Å². The summed E-state index contributed by atoms with van der Waals surface area (Å²) in [6.45, 7) is 3.09. The Kier molecular flexibility index (Phi) is 5.53. The third kappa shape index (κ3) is 3.20. The second-order valence-corrected chi connectivity index (χ2v) is 6.14. The molecule has 116 valence electrons. The Balaban J connectivity index is 0.00000161. The third-order valence-electron chi connectivity index (χ3n) is 4.43. The smallest absolute Gasteiger partial charge is 0.169 e. The number of nitrogens with zero attached hydrogens (tertiary/aromatic N) is 1. The van der Waals surface area contributed by atoms with Gasteiger partial charge >= 0.3 is 0 Å². The van der Waals surface area contributed by atoms with Crippen LogP contribution in [0, 0.1) is 5.92 Å². The number of hydrogen-bond donors (Lipinski definition) is 0. The van der Waals surface area contributed by atoms with Gasteiger partial charge in [-0.2, -0.15) is 0 Å². The Morgan fingerprint density at radius 1 is 1.29 bits per heavy atom. The van der Waals surface area contributed by atoms with Crippen molar-refractivity contribution in [2.24, 2.45) is 5.92 Å². The second-order valence-electron chi connectivity index (χ2n) is 5.73. The molecule has 1 atom stereocenters. The first-order chi connectivity index (χ1) is 9.70. The highest BCUT2D eigenvalue weighted by molar-refractivity contribution is 6.34. The molecule has 0 aromatic heterocycles. The SMILES string of the molecule is COc1ccc(Cl)c2c1CC(CN1CCCCC1)C2=O.Cl. The van der Waals surface area contributed by atoms with Gasteiger partial charge in [0.2, 0.25) is 0 Å². The quantitative estimate of drug-likeness (QED) is 0.848. The van der Waals surface area contributed by atoms with Crippen LogP contribution in [-0.4, -0.2) is 37.4 Å². The van der Waals surface area contributed by atoms with E-state index in [1.807, 2.05) is 6.07 Å². The average molecular weight is 330 g/mol. The van der Waals surface area contributed by atoms with Crippen LogP contribution in [0.3, 0.4) is 0 Å². The number of likely N-dealkylation sites (tertiary alicyclic amines) is 1. The standard InChI is InChI=1S/C16H20ClNO2.ClH/c1-20-14-6-5-13(17)15-12(14)9-11(16(15)19)10-18-7-3-2-4-8-18;/h5-6,11H,2-4,7-10H2,1H3;1H. The molecule has 1 saturated heterocycles. The molecule has 0 saturated carbocycles. The van der Waals surface area contributed by atoms with E-state index in [1.165, 1.54) is 19.3 Å². The van der Waals surface area contributed by atoms with Crippen LogP contribution in [0.25, 0.3) is 0 Å². The van der Waals surface area contributed by atoms with Crippen LogP contribution in [0.2, 0.25) is 5.02 Å². The minimum absolute atomic E-state index is 0. The first-order valence-electron chi connectivity index (χ1n) is 7.32. The summed E-state index contributed by atoms with van der Waals surface area (Å²) in [6.07, 6.45) is 4.57. The average Bonchev–Trinajstić information content (AvgIpc) is 2.79. The molecule has 2 aliphatic rings. The van der Waals surface area contributed by atoms with E-state index in [1.54, 1.807) is 13.2 Å². The number of fused-ring (bicyclic) bond motifs is 1. The van der Waals surface area contributed by atoms with Crippen LogP contribution in [0.5, 0.6) is 5.75 Å². The first kappa shape index (κ1) is 16.6. The highest BCUT2D eigenvalue weighted by atomic mass is 35.5. The van der Waals surface area contributed by atoms with Gasteiger partial charge in [-0.1, -0.05) is 18.0 Å². The van der Waals surface area contributed by atoms with Gasteiger partial charge in [0.1, 0.15) is 5.75 Å². The van der Waals surface area contributed by atoms with Crippen LogP contribution >= 0.6 is 24.0 Å². The Morgan fingerprint density at radius 2 is 2.00 bits per heavy atom. The van der Waals surface area contributed by atoms with Gasteiger partial charge in [0.15, 0.2) is 5.78 Å². The van der Waals surface area contributed by atoms with Crippen molar-refractivity contribution >= 4 is 29.8 Å². The molecule has 0 radical (unpaired) electrons. The zero-order valence-electron chi connectivity index (χ0n) is 12.2. The number of ether oxygens (including phenoxy) is 1. The minimum Gasteiger partial charge on any atom is -0.496 e. The van der Waals surface area contributed by atoms with E-state index < -0.39 is 0 Å². The van der Waals surface area contributed by atoms with Crippen molar-refractivity contribution in [3.63, 3.8) is 0 Å². The molecule has 21 heavy (non-hydrogen) atoms. The van der Waals surface area contributed by atoms with E-state index in [0.29, 0.717) is 10.6 Å². The number of carbonyl (C=O) groups is 1. The van der Waals surface area contributed by atoms with Crippen LogP contribution in [0.1, 0.15) is 35.2 Å². The molecule has 1 aliphatic heterocycles. The third-order valence-corrected chi connectivity index (χ3v) is 4.75. The van der Waals surface area contributed by atoms with E-state index >= 15 is 0 Å². The van der Waals surface area contributed by atoms with Gasteiger partial charge in [0, 0.05) is 23.6 Å². The summed E-state index contributed by atoms with van der Waals surface area (Å²) in [6, 6.07) is 3.62. The molecule has 0 N–H and O–H groups in total. The molecule has 3 rings (SSSR count). The molecule has 3 nitrogen and oxygen atoms in total. The highest BCUT2D eigenvalue weighted by Crippen LogP contribution is 2.38. The Hall–Kier alpha value is -0.770. The molecule has 1 aliphatic carbocycles. The maximum absolute atomic E-state index is 12.6. The number of rotatable bonds is 3. The molecule has 1 aromatic rings. The summed E-state index contributed by atoms with van der Waals surface area (Å²) in [4.78, 5) is 15.0.